The number of nitrogens with two attached hydrogens (primary N) is 1. The van der Waals surface area contributed by atoms with Crippen molar-refractivity contribution in [2.24, 2.45) is 5.73 Å². The molecular weight excluding hydrogens is 197 g/mol. The number of aliphatic hydroxyl groups excluding tert-OH is 1. The topological polar surface area (TPSA) is 55.5 Å². The summed E-state index contributed by atoms with van der Waals surface area (Å²) in [5, 5.41) is 9.18. The van der Waals surface area contributed by atoms with E-state index in [2.05, 4.69) is 0 Å². The fraction of sp³-hybridized carbons (Fsp3) is 0.455. The number of aryl methyl sites for hydroxylation is 1. The lowest BCUT2D eigenvalue weighted by Gasteiger charge is -2.11. The Balaban J connectivity index is 2.46. The first-order valence-electron chi connectivity index (χ1n) is 4.90. The van der Waals surface area contributed by atoms with Crippen molar-refractivity contribution < 1.29 is 14.2 Å². The van der Waals surface area contributed by atoms with Gasteiger partial charge in [0.05, 0.1) is 12.7 Å². The molecule has 1 rings (SSSR count). The van der Waals surface area contributed by atoms with Crippen molar-refractivity contribution in [1.82, 2.24) is 0 Å². The Kier molecular flexibility index (Phi) is 4.52. The first-order chi connectivity index (χ1) is 7.13. The van der Waals surface area contributed by atoms with E-state index in [9.17, 15) is 9.50 Å². The average molecular weight is 213 g/mol. The van der Waals surface area contributed by atoms with Crippen molar-refractivity contribution in [3.8, 4) is 5.75 Å². The summed E-state index contributed by atoms with van der Waals surface area (Å²) in [6.07, 6.45) is -0.106. The molecule has 1 unspecified atom stereocenters. The monoisotopic (exact) mass is 213 g/mol. The minimum absolute atomic E-state index is 0.214. The van der Waals surface area contributed by atoms with Crippen molar-refractivity contribution >= 4 is 0 Å². The Labute approximate surface area is 88.7 Å². The molecule has 0 aliphatic rings. The van der Waals surface area contributed by atoms with E-state index in [0.29, 0.717) is 18.8 Å². The van der Waals surface area contributed by atoms with Crippen LogP contribution in [-0.4, -0.2) is 24.4 Å². The zero-order valence-electron chi connectivity index (χ0n) is 8.74. The van der Waals surface area contributed by atoms with Crippen LogP contribution in [0.2, 0.25) is 0 Å². The van der Waals surface area contributed by atoms with Gasteiger partial charge in [0.1, 0.15) is 11.6 Å². The fourth-order valence-electron chi connectivity index (χ4n) is 1.15. The molecule has 0 radical (unpaired) electrons. The third kappa shape index (κ3) is 3.85. The van der Waals surface area contributed by atoms with E-state index in [-0.39, 0.29) is 12.4 Å². The predicted octanol–water partition coefficient (Wildman–Crippen LogP) is 1.22. The lowest BCUT2D eigenvalue weighted by Crippen LogP contribution is -2.22. The second-order valence-electron chi connectivity index (χ2n) is 3.44. The van der Waals surface area contributed by atoms with Crippen LogP contribution in [0.15, 0.2) is 18.2 Å². The average Bonchev–Trinajstić information content (AvgIpc) is 2.23. The zero-order chi connectivity index (χ0) is 11.3. The number of benzene rings is 1. The van der Waals surface area contributed by atoms with E-state index in [4.69, 9.17) is 10.5 Å². The minimum Gasteiger partial charge on any atom is -0.493 e. The second-order valence-corrected chi connectivity index (χ2v) is 3.44. The van der Waals surface area contributed by atoms with E-state index in [0.717, 1.165) is 5.56 Å². The molecule has 0 heterocycles. The normalized spacial score (nSPS) is 12.5. The maximum absolute atomic E-state index is 12.8. The summed E-state index contributed by atoms with van der Waals surface area (Å²) in [7, 11) is 0. The number of hydrogen-bond acceptors (Lipinski definition) is 3. The van der Waals surface area contributed by atoms with Crippen LogP contribution in [0.3, 0.4) is 0 Å². The first-order valence-corrected chi connectivity index (χ1v) is 4.90. The molecule has 0 saturated heterocycles. The number of aliphatic hydroxyl groups is 1. The van der Waals surface area contributed by atoms with Gasteiger partial charge in [-0.2, -0.15) is 0 Å². The van der Waals surface area contributed by atoms with Crippen molar-refractivity contribution in [2.45, 2.75) is 19.4 Å². The molecule has 1 atom stereocenters. The molecule has 0 fully saturated rings. The van der Waals surface area contributed by atoms with Gasteiger partial charge >= 0.3 is 0 Å². The number of rotatable bonds is 5. The van der Waals surface area contributed by atoms with Crippen LogP contribution in [0.25, 0.3) is 0 Å². The minimum atomic E-state index is -0.557. The molecule has 0 spiro atoms. The molecule has 0 aromatic heterocycles. The highest BCUT2D eigenvalue weighted by atomic mass is 19.1. The largest absolute Gasteiger partial charge is 0.493 e. The Morgan fingerprint density at radius 1 is 1.53 bits per heavy atom. The molecular formula is C11H16FNO2. The fourth-order valence-corrected chi connectivity index (χ4v) is 1.15. The molecule has 3 nitrogen and oxygen atoms in total. The van der Waals surface area contributed by atoms with E-state index < -0.39 is 6.10 Å². The van der Waals surface area contributed by atoms with Gasteiger partial charge in [-0.05, 0) is 18.6 Å². The van der Waals surface area contributed by atoms with Crippen LogP contribution in [0.4, 0.5) is 4.39 Å². The second kappa shape index (κ2) is 5.68. The van der Waals surface area contributed by atoms with Crippen molar-refractivity contribution in [3.63, 3.8) is 0 Å². The molecule has 84 valence electrons. The van der Waals surface area contributed by atoms with Crippen LogP contribution in [0, 0.1) is 12.7 Å². The summed E-state index contributed by atoms with van der Waals surface area (Å²) in [4.78, 5) is 0. The van der Waals surface area contributed by atoms with Crippen LogP contribution < -0.4 is 10.5 Å². The quantitative estimate of drug-likeness (QED) is 0.773. The third-order valence-corrected chi connectivity index (χ3v) is 2.13. The molecule has 0 aliphatic carbocycles. The highest BCUT2D eigenvalue weighted by Crippen LogP contribution is 2.18. The first kappa shape index (κ1) is 11.9. The van der Waals surface area contributed by atoms with Crippen LogP contribution >= 0.6 is 0 Å². The molecule has 0 aliphatic heterocycles. The maximum Gasteiger partial charge on any atom is 0.126 e. The van der Waals surface area contributed by atoms with E-state index in [1.807, 2.05) is 6.92 Å². The molecule has 1 aromatic rings. The summed E-state index contributed by atoms with van der Waals surface area (Å²) >= 11 is 0. The number of hydrogen-bond donors (Lipinski definition) is 2. The Hall–Kier alpha value is -1.13. The summed E-state index contributed by atoms with van der Waals surface area (Å²) in [6, 6.07) is 4.38. The highest BCUT2D eigenvalue weighted by molar-refractivity contribution is 5.32. The van der Waals surface area contributed by atoms with Gasteiger partial charge in [0.15, 0.2) is 0 Å². The standard InChI is InChI=1S/C11H16FNO2/c1-8-2-3-9(12)6-11(8)15-5-4-10(14)7-13/h2-3,6,10,14H,4-5,7,13H2,1H3. The highest BCUT2D eigenvalue weighted by Gasteiger charge is 2.04. The SMILES string of the molecule is Cc1ccc(F)cc1OCCC(O)CN. The summed E-state index contributed by atoms with van der Waals surface area (Å²) in [6.45, 7) is 2.39. The molecule has 15 heavy (non-hydrogen) atoms. The summed E-state index contributed by atoms with van der Waals surface area (Å²) in [5.74, 6) is 0.189. The van der Waals surface area contributed by atoms with Gasteiger partial charge in [-0.25, -0.2) is 4.39 Å². The van der Waals surface area contributed by atoms with Crippen molar-refractivity contribution in [2.75, 3.05) is 13.2 Å². The summed E-state index contributed by atoms with van der Waals surface area (Å²) in [5.41, 5.74) is 6.11. The molecule has 1 aromatic carbocycles. The molecule has 0 saturated carbocycles. The van der Waals surface area contributed by atoms with Gasteiger partial charge in [0.25, 0.3) is 0 Å². The lowest BCUT2D eigenvalue weighted by molar-refractivity contribution is 0.146. The van der Waals surface area contributed by atoms with Crippen LogP contribution in [0.1, 0.15) is 12.0 Å². The van der Waals surface area contributed by atoms with Crippen LogP contribution in [0.5, 0.6) is 5.75 Å². The predicted molar refractivity (Wildman–Crippen MR) is 56.3 cm³/mol. The van der Waals surface area contributed by atoms with Crippen molar-refractivity contribution in [3.05, 3.63) is 29.6 Å². The van der Waals surface area contributed by atoms with Gasteiger partial charge in [-0.1, -0.05) is 6.07 Å². The Bertz CT molecular complexity index is 317. The summed E-state index contributed by atoms with van der Waals surface area (Å²) < 4.78 is 18.2. The zero-order valence-corrected chi connectivity index (χ0v) is 8.74. The van der Waals surface area contributed by atoms with Gasteiger partial charge in [0, 0.05) is 19.0 Å². The Morgan fingerprint density at radius 3 is 2.93 bits per heavy atom. The number of ether oxygens (including phenoxy) is 1. The third-order valence-electron chi connectivity index (χ3n) is 2.13. The van der Waals surface area contributed by atoms with Gasteiger partial charge < -0.3 is 15.6 Å². The molecule has 3 N–H and O–H groups in total. The smallest absolute Gasteiger partial charge is 0.126 e. The maximum atomic E-state index is 12.8. The molecule has 0 amide bonds. The lowest BCUT2D eigenvalue weighted by atomic mass is 10.2. The van der Waals surface area contributed by atoms with Gasteiger partial charge in [-0.3, -0.25) is 0 Å². The molecule has 4 heteroatoms. The van der Waals surface area contributed by atoms with Gasteiger partial charge in [0.2, 0.25) is 0 Å². The van der Waals surface area contributed by atoms with E-state index in [1.165, 1.54) is 12.1 Å². The number of halogens is 1. The van der Waals surface area contributed by atoms with Gasteiger partial charge in [-0.15, -0.1) is 0 Å². The Morgan fingerprint density at radius 2 is 2.27 bits per heavy atom. The van der Waals surface area contributed by atoms with E-state index >= 15 is 0 Å². The van der Waals surface area contributed by atoms with E-state index in [1.54, 1.807) is 6.07 Å². The van der Waals surface area contributed by atoms with Crippen LogP contribution in [-0.2, 0) is 0 Å². The van der Waals surface area contributed by atoms with Crippen molar-refractivity contribution in [1.29, 1.82) is 0 Å². The molecule has 0 bridgehead atoms.